The summed E-state index contributed by atoms with van der Waals surface area (Å²) < 4.78 is 10.9. The molecule has 114 valence electrons. The molecule has 1 aliphatic heterocycles. The van der Waals surface area contributed by atoms with Gasteiger partial charge in [0.25, 0.3) is 5.89 Å². The van der Waals surface area contributed by atoms with Crippen LogP contribution in [0.2, 0.25) is 0 Å². The van der Waals surface area contributed by atoms with Crippen molar-refractivity contribution >= 4 is 0 Å². The standard InChI is InChI=1S/C14H21N5O2/c1-8(2)12-11(9(3)17-20-12)14-16-13(18-21-14)10-7-15-5-6-19(10)4/h8,10,15H,5-7H2,1-4H3. The van der Waals surface area contributed by atoms with Crippen LogP contribution in [0.1, 0.15) is 43.1 Å². The maximum absolute atomic E-state index is 5.47. The molecule has 0 spiro atoms. The van der Waals surface area contributed by atoms with Crippen LogP contribution >= 0.6 is 0 Å². The van der Waals surface area contributed by atoms with Crippen molar-refractivity contribution in [3.05, 3.63) is 17.3 Å². The van der Waals surface area contributed by atoms with Crippen molar-refractivity contribution in [2.24, 2.45) is 0 Å². The second kappa shape index (κ2) is 5.57. The molecule has 21 heavy (non-hydrogen) atoms. The third kappa shape index (κ3) is 2.58. The Bertz CT molecular complexity index is 619. The smallest absolute Gasteiger partial charge is 0.263 e. The van der Waals surface area contributed by atoms with Gasteiger partial charge in [-0.05, 0) is 14.0 Å². The number of piperazine rings is 1. The van der Waals surface area contributed by atoms with Crippen molar-refractivity contribution in [2.75, 3.05) is 26.7 Å². The van der Waals surface area contributed by atoms with E-state index < -0.39 is 0 Å². The van der Waals surface area contributed by atoms with Gasteiger partial charge >= 0.3 is 0 Å². The molecule has 1 aliphatic rings. The normalized spacial score (nSPS) is 20.3. The molecule has 1 fully saturated rings. The predicted octanol–water partition coefficient (Wildman–Crippen LogP) is 1.73. The lowest BCUT2D eigenvalue weighted by molar-refractivity contribution is 0.190. The minimum absolute atomic E-state index is 0.138. The van der Waals surface area contributed by atoms with Gasteiger partial charge in [-0.1, -0.05) is 24.2 Å². The van der Waals surface area contributed by atoms with Crippen LogP contribution in [-0.4, -0.2) is 46.9 Å². The lowest BCUT2D eigenvalue weighted by atomic mass is 10.1. The van der Waals surface area contributed by atoms with Crippen molar-refractivity contribution in [1.82, 2.24) is 25.5 Å². The van der Waals surface area contributed by atoms with Crippen molar-refractivity contribution in [3.8, 4) is 11.5 Å². The van der Waals surface area contributed by atoms with Crippen molar-refractivity contribution in [1.29, 1.82) is 0 Å². The van der Waals surface area contributed by atoms with Gasteiger partial charge < -0.3 is 14.4 Å². The third-order valence-corrected chi connectivity index (χ3v) is 3.88. The summed E-state index contributed by atoms with van der Waals surface area (Å²) in [6.07, 6.45) is 0. The van der Waals surface area contributed by atoms with Crippen LogP contribution in [0, 0.1) is 6.92 Å². The molecule has 0 radical (unpaired) electrons. The molecule has 7 heteroatoms. The minimum atomic E-state index is 0.138. The van der Waals surface area contributed by atoms with Gasteiger partial charge in [0.1, 0.15) is 5.56 Å². The summed E-state index contributed by atoms with van der Waals surface area (Å²) in [6.45, 7) is 8.79. The highest BCUT2D eigenvalue weighted by Gasteiger charge is 2.28. The van der Waals surface area contributed by atoms with Crippen LogP contribution < -0.4 is 5.32 Å². The summed E-state index contributed by atoms with van der Waals surface area (Å²) in [6, 6.07) is 0.138. The monoisotopic (exact) mass is 291 g/mol. The molecule has 0 aromatic carbocycles. The average molecular weight is 291 g/mol. The molecule has 3 rings (SSSR count). The molecule has 1 atom stereocenters. The zero-order chi connectivity index (χ0) is 15.0. The van der Waals surface area contributed by atoms with E-state index in [1.54, 1.807) is 0 Å². The second-order valence-corrected chi connectivity index (χ2v) is 5.82. The molecule has 7 nitrogen and oxygen atoms in total. The highest BCUT2D eigenvalue weighted by atomic mass is 16.5. The number of hydrogen-bond donors (Lipinski definition) is 1. The van der Waals surface area contributed by atoms with Crippen LogP contribution in [0.25, 0.3) is 11.5 Å². The Labute approximate surface area is 123 Å². The van der Waals surface area contributed by atoms with E-state index in [4.69, 9.17) is 9.05 Å². The highest BCUT2D eigenvalue weighted by molar-refractivity contribution is 5.59. The summed E-state index contributed by atoms with van der Waals surface area (Å²) in [7, 11) is 2.08. The molecule has 0 aliphatic carbocycles. The first-order chi connectivity index (χ1) is 10.1. The topological polar surface area (TPSA) is 80.2 Å². The molecule has 1 saturated heterocycles. The maximum Gasteiger partial charge on any atom is 0.263 e. The van der Waals surface area contributed by atoms with E-state index >= 15 is 0 Å². The van der Waals surface area contributed by atoms with Crippen molar-refractivity contribution < 1.29 is 9.05 Å². The van der Waals surface area contributed by atoms with Crippen molar-refractivity contribution in [3.63, 3.8) is 0 Å². The first-order valence-corrected chi connectivity index (χ1v) is 7.29. The predicted molar refractivity (Wildman–Crippen MR) is 76.9 cm³/mol. The SMILES string of the molecule is Cc1noc(C(C)C)c1-c1nc(C2CNCCN2C)no1. The quantitative estimate of drug-likeness (QED) is 0.922. The second-order valence-electron chi connectivity index (χ2n) is 5.82. The van der Waals surface area contributed by atoms with Crippen LogP contribution in [0.3, 0.4) is 0 Å². The van der Waals surface area contributed by atoms with Gasteiger partial charge in [0.15, 0.2) is 11.6 Å². The van der Waals surface area contributed by atoms with Crippen LogP contribution in [0.15, 0.2) is 9.05 Å². The molecule has 1 N–H and O–H groups in total. The van der Waals surface area contributed by atoms with Gasteiger partial charge in [-0.15, -0.1) is 0 Å². The Morgan fingerprint density at radius 3 is 2.81 bits per heavy atom. The molecule has 2 aromatic rings. The maximum atomic E-state index is 5.47. The Morgan fingerprint density at radius 2 is 2.10 bits per heavy atom. The summed E-state index contributed by atoms with van der Waals surface area (Å²) >= 11 is 0. The van der Waals surface area contributed by atoms with Crippen molar-refractivity contribution in [2.45, 2.75) is 32.7 Å². The number of nitrogens with zero attached hydrogens (tertiary/aromatic N) is 4. The Kier molecular flexibility index (Phi) is 3.77. The number of hydrogen-bond acceptors (Lipinski definition) is 7. The van der Waals surface area contributed by atoms with Crippen LogP contribution in [0.4, 0.5) is 0 Å². The number of likely N-dealkylation sites (N-methyl/N-ethyl adjacent to an activating group) is 1. The minimum Gasteiger partial charge on any atom is -0.360 e. The van der Waals surface area contributed by atoms with Crippen LogP contribution in [0.5, 0.6) is 0 Å². The Morgan fingerprint density at radius 1 is 1.29 bits per heavy atom. The third-order valence-electron chi connectivity index (χ3n) is 3.88. The Balaban J connectivity index is 1.93. The lowest BCUT2D eigenvalue weighted by Crippen LogP contribution is -2.44. The molecule has 2 aromatic heterocycles. The van der Waals surface area contributed by atoms with E-state index in [0.29, 0.717) is 11.7 Å². The highest BCUT2D eigenvalue weighted by Crippen LogP contribution is 2.32. The van der Waals surface area contributed by atoms with E-state index in [2.05, 4.69) is 46.4 Å². The fraction of sp³-hybridized carbons (Fsp3) is 0.643. The zero-order valence-corrected chi connectivity index (χ0v) is 12.9. The van der Waals surface area contributed by atoms with Crippen LogP contribution in [-0.2, 0) is 0 Å². The summed E-state index contributed by atoms with van der Waals surface area (Å²) in [5, 5.41) is 11.5. The number of nitrogens with one attached hydrogen (secondary N) is 1. The molecule has 0 bridgehead atoms. The van der Waals surface area contributed by atoms with E-state index in [-0.39, 0.29) is 12.0 Å². The van der Waals surface area contributed by atoms with E-state index in [9.17, 15) is 0 Å². The molecule has 0 amide bonds. The van der Waals surface area contributed by atoms with Gasteiger partial charge in [-0.2, -0.15) is 4.98 Å². The summed E-state index contributed by atoms with van der Waals surface area (Å²) in [5.74, 6) is 2.20. The number of rotatable bonds is 3. The average Bonchev–Trinajstić information content (AvgIpc) is 3.05. The molecule has 0 saturated carbocycles. The summed E-state index contributed by atoms with van der Waals surface area (Å²) in [4.78, 5) is 6.80. The first-order valence-electron chi connectivity index (χ1n) is 7.29. The molecular formula is C14H21N5O2. The van der Waals surface area contributed by atoms with Gasteiger partial charge in [0.2, 0.25) is 0 Å². The molecular weight excluding hydrogens is 270 g/mol. The lowest BCUT2D eigenvalue weighted by Gasteiger charge is -2.30. The van der Waals surface area contributed by atoms with Gasteiger partial charge in [0.05, 0.1) is 11.7 Å². The number of aromatic nitrogens is 3. The van der Waals surface area contributed by atoms with E-state index in [1.165, 1.54) is 0 Å². The molecule has 3 heterocycles. The van der Waals surface area contributed by atoms with E-state index in [1.807, 2.05) is 6.92 Å². The first kappa shape index (κ1) is 14.2. The number of aryl methyl sites for hydroxylation is 1. The zero-order valence-electron chi connectivity index (χ0n) is 12.9. The largest absolute Gasteiger partial charge is 0.360 e. The van der Waals surface area contributed by atoms with Gasteiger partial charge in [-0.3, -0.25) is 4.90 Å². The fourth-order valence-electron chi connectivity index (χ4n) is 2.61. The molecule has 1 unspecified atom stereocenters. The van der Waals surface area contributed by atoms with Gasteiger partial charge in [-0.25, -0.2) is 0 Å². The fourth-order valence-corrected chi connectivity index (χ4v) is 2.61. The Hall–Kier alpha value is -1.73. The summed E-state index contributed by atoms with van der Waals surface area (Å²) in [5.41, 5.74) is 1.61. The van der Waals surface area contributed by atoms with Gasteiger partial charge in [0, 0.05) is 25.6 Å². The van der Waals surface area contributed by atoms with E-state index in [0.717, 1.165) is 36.7 Å².